The van der Waals surface area contributed by atoms with Crippen molar-refractivity contribution in [3.63, 3.8) is 0 Å². The molecule has 3 rings (SSSR count). The molecule has 1 aliphatic rings. The van der Waals surface area contributed by atoms with Gasteiger partial charge in [0.2, 0.25) is 10.0 Å². The van der Waals surface area contributed by atoms with Crippen molar-refractivity contribution >= 4 is 22.0 Å². The molecule has 0 spiro atoms. The van der Waals surface area contributed by atoms with Crippen molar-refractivity contribution in [3.05, 3.63) is 48.5 Å². The molecule has 2 N–H and O–H groups in total. The lowest BCUT2D eigenvalue weighted by Gasteiger charge is -2.27. The molecule has 2 aromatic rings. The van der Waals surface area contributed by atoms with E-state index in [9.17, 15) is 18.0 Å². The molecule has 0 saturated carbocycles. The number of urea groups is 1. The quantitative estimate of drug-likeness (QED) is 0.616. The van der Waals surface area contributed by atoms with E-state index in [2.05, 4.69) is 10.6 Å². The van der Waals surface area contributed by atoms with Crippen molar-refractivity contribution < 1.29 is 27.5 Å². The summed E-state index contributed by atoms with van der Waals surface area (Å²) >= 11 is 0. The number of nitrogens with one attached hydrogen (secondary N) is 2. The van der Waals surface area contributed by atoms with Gasteiger partial charge in [-0.3, -0.25) is 10.1 Å². The fourth-order valence-electron chi connectivity index (χ4n) is 2.95. The number of carbonyl (C=O) groups is 2. The summed E-state index contributed by atoms with van der Waals surface area (Å²) in [5.41, 5.74) is 0. The zero-order valence-corrected chi connectivity index (χ0v) is 17.6. The Labute approximate surface area is 175 Å². The van der Waals surface area contributed by atoms with Gasteiger partial charge in [0, 0.05) is 12.6 Å². The predicted octanol–water partition coefficient (Wildman–Crippen LogP) is 2.09. The second kappa shape index (κ2) is 8.72. The molecule has 1 saturated heterocycles. The van der Waals surface area contributed by atoms with E-state index >= 15 is 0 Å². The molecule has 1 atom stereocenters. The number of nitrogens with zero attached hydrogens (tertiary/aromatic N) is 1. The minimum Gasteiger partial charge on any atom is -0.497 e. The molecule has 0 radical (unpaired) electrons. The minimum atomic E-state index is -3.90. The molecule has 3 amide bonds. The number of rotatable bonds is 8. The maximum absolute atomic E-state index is 13.1. The van der Waals surface area contributed by atoms with E-state index in [0.717, 1.165) is 0 Å². The molecule has 160 valence electrons. The van der Waals surface area contributed by atoms with Crippen LogP contribution in [-0.4, -0.2) is 50.4 Å². The van der Waals surface area contributed by atoms with E-state index in [4.69, 9.17) is 9.47 Å². The first-order valence-electron chi connectivity index (χ1n) is 9.26. The van der Waals surface area contributed by atoms with Gasteiger partial charge in [0.1, 0.15) is 23.3 Å². The number of imide groups is 1. The average molecular weight is 433 g/mol. The van der Waals surface area contributed by atoms with Crippen molar-refractivity contribution in [1.82, 2.24) is 14.9 Å². The first-order chi connectivity index (χ1) is 14.2. The molecule has 10 heteroatoms. The molecule has 0 aromatic heterocycles. The van der Waals surface area contributed by atoms with Gasteiger partial charge >= 0.3 is 6.03 Å². The Bertz CT molecular complexity index is 1020. The number of sulfonamides is 1. The molecule has 1 aliphatic heterocycles. The van der Waals surface area contributed by atoms with Crippen LogP contribution in [0, 0.1) is 0 Å². The van der Waals surface area contributed by atoms with Crippen LogP contribution in [0.25, 0.3) is 0 Å². The zero-order valence-electron chi connectivity index (χ0n) is 16.8. The second-order valence-electron chi connectivity index (χ2n) is 6.93. The summed E-state index contributed by atoms with van der Waals surface area (Å²) in [7, 11) is -2.33. The standard InChI is InChI=1S/C20H23N3O6S/c1-13(2)23(12-18-19(24)22-20(25)21-18)30(26,27)17-10-8-16(9-11-17)29-15-6-4-14(28-3)5-7-15/h4-11,13,18H,12H2,1-3H3,(H2,21,22,24,25). The van der Waals surface area contributed by atoms with E-state index in [1.165, 1.54) is 16.4 Å². The van der Waals surface area contributed by atoms with Gasteiger partial charge in [-0.2, -0.15) is 4.31 Å². The summed E-state index contributed by atoms with van der Waals surface area (Å²) in [6, 6.07) is 11.0. The molecule has 1 unspecified atom stereocenters. The van der Waals surface area contributed by atoms with E-state index in [1.54, 1.807) is 57.4 Å². The van der Waals surface area contributed by atoms with E-state index in [0.29, 0.717) is 17.2 Å². The molecule has 0 bridgehead atoms. The van der Waals surface area contributed by atoms with Crippen LogP contribution in [0.2, 0.25) is 0 Å². The van der Waals surface area contributed by atoms with Gasteiger partial charge in [0.25, 0.3) is 5.91 Å². The maximum Gasteiger partial charge on any atom is 0.322 e. The Morgan fingerprint density at radius 3 is 1.97 bits per heavy atom. The smallest absolute Gasteiger partial charge is 0.322 e. The van der Waals surface area contributed by atoms with Crippen LogP contribution in [0.3, 0.4) is 0 Å². The Kier molecular flexibility index (Phi) is 6.28. The van der Waals surface area contributed by atoms with Crippen LogP contribution in [0.5, 0.6) is 17.2 Å². The molecule has 9 nitrogen and oxygen atoms in total. The summed E-state index contributed by atoms with van der Waals surface area (Å²) in [6.07, 6.45) is 0. The molecule has 0 aliphatic carbocycles. The van der Waals surface area contributed by atoms with Gasteiger partial charge in [-0.05, 0) is 62.4 Å². The monoisotopic (exact) mass is 433 g/mol. The fraction of sp³-hybridized carbons (Fsp3) is 0.300. The third-order valence-corrected chi connectivity index (χ3v) is 6.58. The second-order valence-corrected chi connectivity index (χ2v) is 8.82. The number of hydrogen-bond donors (Lipinski definition) is 2. The van der Waals surface area contributed by atoms with Crippen LogP contribution in [-0.2, 0) is 14.8 Å². The Morgan fingerprint density at radius 2 is 1.50 bits per heavy atom. The lowest BCUT2D eigenvalue weighted by atomic mass is 10.3. The average Bonchev–Trinajstić information content (AvgIpc) is 3.03. The highest BCUT2D eigenvalue weighted by Crippen LogP contribution is 2.26. The largest absolute Gasteiger partial charge is 0.497 e. The summed E-state index contributed by atoms with van der Waals surface area (Å²) in [6.45, 7) is 3.24. The molecule has 30 heavy (non-hydrogen) atoms. The lowest BCUT2D eigenvalue weighted by Crippen LogP contribution is -2.47. The van der Waals surface area contributed by atoms with Gasteiger partial charge in [-0.25, -0.2) is 13.2 Å². The van der Waals surface area contributed by atoms with Gasteiger partial charge in [-0.15, -0.1) is 0 Å². The van der Waals surface area contributed by atoms with Crippen LogP contribution in [0.1, 0.15) is 13.8 Å². The van der Waals surface area contributed by atoms with Crippen LogP contribution < -0.4 is 20.1 Å². The molecule has 2 aromatic carbocycles. The van der Waals surface area contributed by atoms with Crippen LogP contribution >= 0.6 is 0 Å². The predicted molar refractivity (Wildman–Crippen MR) is 109 cm³/mol. The topological polar surface area (TPSA) is 114 Å². The molecular weight excluding hydrogens is 410 g/mol. The maximum atomic E-state index is 13.1. The first-order valence-corrected chi connectivity index (χ1v) is 10.7. The van der Waals surface area contributed by atoms with Gasteiger partial charge in [0.05, 0.1) is 12.0 Å². The van der Waals surface area contributed by atoms with Crippen molar-refractivity contribution in [1.29, 1.82) is 0 Å². The number of hydrogen-bond acceptors (Lipinski definition) is 6. The highest BCUT2D eigenvalue weighted by Gasteiger charge is 2.36. The Balaban J connectivity index is 1.76. The normalized spacial score (nSPS) is 16.5. The number of methoxy groups -OCH3 is 1. The lowest BCUT2D eigenvalue weighted by molar-refractivity contribution is -0.120. The van der Waals surface area contributed by atoms with E-state index < -0.39 is 34.0 Å². The summed E-state index contributed by atoms with van der Waals surface area (Å²) < 4.78 is 38.2. The van der Waals surface area contributed by atoms with Crippen molar-refractivity contribution in [2.75, 3.05) is 13.7 Å². The van der Waals surface area contributed by atoms with Crippen molar-refractivity contribution in [2.45, 2.75) is 30.8 Å². The third-order valence-electron chi connectivity index (χ3n) is 4.52. The van der Waals surface area contributed by atoms with Crippen molar-refractivity contribution in [2.24, 2.45) is 0 Å². The summed E-state index contributed by atoms with van der Waals surface area (Å²) in [5, 5.41) is 4.53. The Morgan fingerprint density at radius 1 is 0.967 bits per heavy atom. The van der Waals surface area contributed by atoms with Gasteiger partial charge in [-0.1, -0.05) is 0 Å². The van der Waals surface area contributed by atoms with Gasteiger partial charge < -0.3 is 14.8 Å². The van der Waals surface area contributed by atoms with Crippen molar-refractivity contribution in [3.8, 4) is 17.2 Å². The van der Waals surface area contributed by atoms with E-state index in [-0.39, 0.29) is 11.4 Å². The Hall–Kier alpha value is -3.11. The van der Waals surface area contributed by atoms with E-state index in [1.807, 2.05) is 0 Å². The van der Waals surface area contributed by atoms with Crippen LogP contribution in [0.4, 0.5) is 4.79 Å². The first kappa shape index (κ1) is 21.6. The summed E-state index contributed by atoms with van der Waals surface area (Å²) in [5.74, 6) is 1.20. The number of amides is 3. The number of benzene rings is 2. The number of ether oxygens (including phenoxy) is 2. The molecule has 1 heterocycles. The fourth-order valence-corrected chi connectivity index (χ4v) is 4.60. The van der Waals surface area contributed by atoms with Gasteiger partial charge in [0.15, 0.2) is 0 Å². The minimum absolute atomic E-state index is 0.0583. The third kappa shape index (κ3) is 4.71. The highest BCUT2D eigenvalue weighted by molar-refractivity contribution is 7.89. The molecule has 1 fully saturated rings. The highest BCUT2D eigenvalue weighted by atomic mass is 32.2. The summed E-state index contributed by atoms with van der Waals surface area (Å²) in [4.78, 5) is 23.2. The number of carbonyl (C=O) groups excluding carboxylic acids is 2. The SMILES string of the molecule is COc1ccc(Oc2ccc(S(=O)(=O)N(CC3NC(=O)NC3=O)C(C)C)cc2)cc1. The molecular formula is C20H23N3O6S. The van der Waals surface area contributed by atoms with Crippen LogP contribution in [0.15, 0.2) is 53.4 Å². The zero-order chi connectivity index (χ0) is 21.9.